The van der Waals surface area contributed by atoms with Crippen LogP contribution in [0.3, 0.4) is 0 Å². The van der Waals surface area contributed by atoms with Crippen molar-refractivity contribution in [2.24, 2.45) is 0 Å². The molecular weight excluding hydrogens is 312 g/mol. The molecule has 2 heterocycles. The molecule has 0 radical (unpaired) electrons. The third-order valence-electron chi connectivity index (χ3n) is 2.92. The summed E-state index contributed by atoms with van der Waals surface area (Å²) in [5.74, 6) is 0. The SMILES string of the molecule is Cc1ccsc1[C@H](C)NCCNS(=O)(=O)c1cccs1. The normalized spacial score (nSPS) is 13.5. The van der Waals surface area contributed by atoms with Crippen LogP contribution in [0, 0.1) is 6.92 Å². The summed E-state index contributed by atoms with van der Waals surface area (Å²) in [6, 6.07) is 5.68. The van der Waals surface area contributed by atoms with Crippen molar-refractivity contribution < 1.29 is 8.42 Å². The standard InChI is InChI=1S/C13H18N2O2S3/c1-10-5-9-19-13(10)11(2)14-6-7-15-20(16,17)12-4-3-8-18-12/h3-5,8-9,11,14-15H,6-7H2,1-2H3/t11-/m0/s1. The molecule has 0 unspecified atom stereocenters. The third kappa shape index (κ3) is 3.89. The molecule has 0 aliphatic rings. The first kappa shape index (κ1) is 15.7. The highest BCUT2D eigenvalue weighted by Gasteiger charge is 2.14. The van der Waals surface area contributed by atoms with Crippen LogP contribution < -0.4 is 10.0 Å². The van der Waals surface area contributed by atoms with E-state index in [2.05, 4.69) is 35.3 Å². The van der Waals surface area contributed by atoms with Crippen molar-refractivity contribution in [1.29, 1.82) is 0 Å². The minimum absolute atomic E-state index is 0.237. The van der Waals surface area contributed by atoms with Gasteiger partial charge in [0.15, 0.2) is 0 Å². The number of hydrogen-bond acceptors (Lipinski definition) is 5. The van der Waals surface area contributed by atoms with Crippen molar-refractivity contribution in [3.05, 3.63) is 39.4 Å². The molecule has 20 heavy (non-hydrogen) atoms. The number of rotatable bonds is 7. The molecule has 0 bridgehead atoms. The Kier molecular flexibility index (Phi) is 5.34. The van der Waals surface area contributed by atoms with E-state index in [1.807, 2.05) is 0 Å². The average Bonchev–Trinajstić information content (AvgIpc) is 3.05. The number of aryl methyl sites for hydroxylation is 1. The van der Waals surface area contributed by atoms with Crippen LogP contribution in [0.15, 0.2) is 33.2 Å². The fraction of sp³-hybridized carbons (Fsp3) is 0.385. The summed E-state index contributed by atoms with van der Waals surface area (Å²) in [6.07, 6.45) is 0. The van der Waals surface area contributed by atoms with Gasteiger partial charge in [0.05, 0.1) is 0 Å². The van der Waals surface area contributed by atoms with Gasteiger partial charge in [0.25, 0.3) is 0 Å². The average molecular weight is 330 g/mol. The molecule has 2 N–H and O–H groups in total. The molecule has 110 valence electrons. The van der Waals surface area contributed by atoms with Crippen molar-refractivity contribution in [1.82, 2.24) is 10.0 Å². The van der Waals surface area contributed by atoms with E-state index < -0.39 is 10.0 Å². The summed E-state index contributed by atoms with van der Waals surface area (Å²) >= 11 is 2.94. The van der Waals surface area contributed by atoms with Gasteiger partial charge >= 0.3 is 0 Å². The first-order chi connectivity index (χ1) is 9.50. The molecule has 0 spiro atoms. The number of sulfonamides is 1. The predicted molar refractivity (Wildman–Crippen MR) is 85.0 cm³/mol. The number of hydrogen-bond donors (Lipinski definition) is 2. The van der Waals surface area contributed by atoms with Crippen LogP contribution in [0.5, 0.6) is 0 Å². The lowest BCUT2D eigenvalue weighted by Gasteiger charge is -2.13. The summed E-state index contributed by atoms with van der Waals surface area (Å²) in [5.41, 5.74) is 1.27. The highest BCUT2D eigenvalue weighted by atomic mass is 32.2. The fourth-order valence-electron chi connectivity index (χ4n) is 1.88. The van der Waals surface area contributed by atoms with Crippen molar-refractivity contribution in [3.8, 4) is 0 Å². The second-order valence-electron chi connectivity index (χ2n) is 4.47. The van der Waals surface area contributed by atoms with E-state index in [4.69, 9.17) is 0 Å². The Morgan fingerprint density at radius 1 is 1.20 bits per heavy atom. The van der Waals surface area contributed by atoms with Gasteiger partial charge in [-0.05, 0) is 42.3 Å². The lowest BCUT2D eigenvalue weighted by molar-refractivity contribution is 0.557. The topological polar surface area (TPSA) is 58.2 Å². The molecular formula is C13H18N2O2S3. The van der Waals surface area contributed by atoms with Gasteiger partial charge in [-0.15, -0.1) is 22.7 Å². The Hall–Kier alpha value is -0.730. The molecule has 0 aliphatic heterocycles. The van der Waals surface area contributed by atoms with Crippen molar-refractivity contribution >= 4 is 32.7 Å². The van der Waals surface area contributed by atoms with Gasteiger partial charge in [-0.1, -0.05) is 6.07 Å². The summed E-state index contributed by atoms with van der Waals surface area (Å²) in [7, 11) is -3.35. The molecule has 0 aromatic carbocycles. The maximum atomic E-state index is 11.9. The molecule has 1 atom stereocenters. The minimum atomic E-state index is -3.35. The minimum Gasteiger partial charge on any atom is -0.308 e. The summed E-state index contributed by atoms with van der Waals surface area (Å²) in [4.78, 5) is 1.30. The van der Waals surface area contributed by atoms with Crippen LogP contribution in [0.1, 0.15) is 23.4 Å². The lowest BCUT2D eigenvalue weighted by Crippen LogP contribution is -2.32. The Morgan fingerprint density at radius 2 is 2.00 bits per heavy atom. The van der Waals surface area contributed by atoms with Crippen molar-refractivity contribution in [3.63, 3.8) is 0 Å². The van der Waals surface area contributed by atoms with E-state index in [1.165, 1.54) is 21.8 Å². The van der Waals surface area contributed by atoms with Gasteiger partial charge < -0.3 is 5.32 Å². The number of thiophene rings is 2. The molecule has 4 nitrogen and oxygen atoms in total. The largest absolute Gasteiger partial charge is 0.308 e. The Bertz CT molecular complexity index is 632. The van der Waals surface area contributed by atoms with E-state index in [0.29, 0.717) is 17.3 Å². The van der Waals surface area contributed by atoms with E-state index in [0.717, 1.165) is 0 Å². The van der Waals surface area contributed by atoms with E-state index in [9.17, 15) is 8.42 Å². The first-order valence-electron chi connectivity index (χ1n) is 6.31. The monoisotopic (exact) mass is 330 g/mol. The Balaban J connectivity index is 1.79. The van der Waals surface area contributed by atoms with Gasteiger partial charge in [0.2, 0.25) is 10.0 Å². The van der Waals surface area contributed by atoms with Gasteiger partial charge in [-0.3, -0.25) is 0 Å². The van der Waals surface area contributed by atoms with Crippen molar-refractivity contribution in [2.45, 2.75) is 24.1 Å². The van der Waals surface area contributed by atoms with Crippen LogP contribution >= 0.6 is 22.7 Å². The maximum Gasteiger partial charge on any atom is 0.250 e. The zero-order valence-corrected chi connectivity index (χ0v) is 13.9. The third-order valence-corrected chi connectivity index (χ3v) is 6.98. The molecule has 2 aromatic rings. The van der Waals surface area contributed by atoms with E-state index in [1.54, 1.807) is 28.8 Å². The highest BCUT2D eigenvalue weighted by molar-refractivity contribution is 7.91. The van der Waals surface area contributed by atoms with Crippen LogP contribution in [-0.2, 0) is 10.0 Å². The fourth-order valence-corrected chi connectivity index (χ4v) is 4.91. The van der Waals surface area contributed by atoms with Crippen molar-refractivity contribution in [2.75, 3.05) is 13.1 Å². The van der Waals surface area contributed by atoms with Crippen LogP contribution in [0.25, 0.3) is 0 Å². The molecule has 0 saturated heterocycles. The highest BCUT2D eigenvalue weighted by Crippen LogP contribution is 2.23. The zero-order valence-electron chi connectivity index (χ0n) is 11.4. The Labute approximate surface area is 127 Å². The van der Waals surface area contributed by atoms with Crippen LogP contribution in [-0.4, -0.2) is 21.5 Å². The molecule has 2 aromatic heterocycles. The zero-order chi connectivity index (χ0) is 14.6. The van der Waals surface area contributed by atoms with E-state index >= 15 is 0 Å². The quantitative estimate of drug-likeness (QED) is 0.768. The van der Waals surface area contributed by atoms with Crippen LogP contribution in [0.2, 0.25) is 0 Å². The molecule has 2 rings (SSSR count). The van der Waals surface area contributed by atoms with E-state index in [-0.39, 0.29) is 6.04 Å². The summed E-state index contributed by atoms with van der Waals surface area (Å²) in [6.45, 7) is 5.16. The molecule has 7 heteroatoms. The second kappa shape index (κ2) is 6.82. The number of nitrogens with one attached hydrogen (secondary N) is 2. The summed E-state index contributed by atoms with van der Waals surface area (Å²) in [5, 5.41) is 7.16. The van der Waals surface area contributed by atoms with Crippen LogP contribution in [0.4, 0.5) is 0 Å². The second-order valence-corrected chi connectivity index (χ2v) is 8.36. The first-order valence-corrected chi connectivity index (χ1v) is 9.55. The van der Waals surface area contributed by atoms with Gasteiger partial charge in [-0.25, -0.2) is 13.1 Å². The molecule has 0 fully saturated rings. The van der Waals surface area contributed by atoms with Gasteiger partial charge in [0.1, 0.15) is 4.21 Å². The van der Waals surface area contributed by atoms with Gasteiger partial charge in [0, 0.05) is 24.0 Å². The van der Waals surface area contributed by atoms with Gasteiger partial charge in [-0.2, -0.15) is 0 Å². The smallest absolute Gasteiger partial charge is 0.250 e. The Morgan fingerprint density at radius 3 is 2.60 bits per heavy atom. The molecule has 0 saturated carbocycles. The maximum absolute atomic E-state index is 11.9. The molecule has 0 amide bonds. The lowest BCUT2D eigenvalue weighted by atomic mass is 10.2. The summed E-state index contributed by atoms with van der Waals surface area (Å²) < 4.78 is 26.7. The molecule has 0 aliphatic carbocycles. The predicted octanol–water partition coefficient (Wildman–Crippen LogP) is 2.75.